The molecule has 3 aliphatic heterocycles. The van der Waals surface area contributed by atoms with Gasteiger partial charge in [0.25, 0.3) is 0 Å². The average Bonchev–Trinajstić information content (AvgIpc) is 3.33. The molecule has 2 fully saturated rings. The SMILES string of the molecule is COc1cc([C@@H]2c3[nH]c4ccccc4c3CC3C(=O)N(C)CC(=O)N32)ccc1O[C@@H]1O[C@H](C(=O)[O-])[C@@H](O)[C@H](O)[C@H]1O.[Na+]. The number of hydrogen-bond donors (Lipinski definition) is 4. The maximum absolute atomic E-state index is 13.4. The molecule has 216 valence electrons. The van der Waals surface area contributed by atoms with Crippen molar-refractivity contribution in [2.45, 2.75) is 49.2 Å². The maximum atomic E-state index is 13.4. The van der Waals surface area contributed by atoms with E-state index in [1.807, 2.05) is 24.3 Å². The van der Waals surface area contributed by atoms with Crippen molar-refractivity contribution in [3.05, 3.63) is 59.3 Å². The van der Waals surface area contributed by atoms with Gasteiger partial charge in [0.05, 0.1) is 25.7 Å². The summed E-state index contributed by atoms with van der Waals surface area (Å²) in [6.07, 6.45) is -8.84. The number of hydrogen-bond acceptors (Lipinski definition) is 10. The number of carboxylic acids is 1. The van der Waals surface area contributed by atoms with Crippen LogP contribution in [0.2, 0.25) is 0 Å². The molecular formula is C28H28N3NaO10. The molecule has 6 rings (SSSR count). The van der Waals surface area contributed by atoms with Crippen molar-refractivity contribution in [2.75, 3.05) is 20.7 Å². The molecule has 0 spiro atoms. The first-order chi connectivity index (χ1) is 19.6. The van der Waals surface area contributed by atoms with Gasteiger partial charge in [-0.3, -0.25) is 9.59 Å². The number of aromatic amines is 1. The molecular weight excluding hydrogens is 561 g/mol. The number of likely N-dealkylation sites (N-methyl/N-ethyl adjacent to an activating group) is 1. The number of carbonyl (C=O) groups is 3. The number of aromatic nitrogens is 1. The van der Waals surface area contributed by atoms with Crippen molar-refractivity contribution in [2.24, 2.45) is 0 Å². The Balaban J connectivity index is 0.00000353. The van der Waals surface area contributed by atoms with Crippen LogP contribution in [0.3, 0.4) is 0 Å². The van der Waals surface area contributed by atoms with Gasteiger partial charge in [0.15, 0.2) is 11.5 Å². The van der Waals surface area contributed by atoms with Crippen LogP contribution < -0.4 is 44.1 Å². The van der Waals surface area contributed by atoms with Crippen LogP contribution in [0.1, 0.15) is 22.9 Å². The van der Waals surface area contributed by atoms with Crippen LogP contribution in [0.4, 0.5) is 0 Å². The fraction of sp³-hybridized carbons (Fsp3) is 0.393. The number of carboxylic acid groups (broad SMARTS) is 1. The van der Waals surface area contributed by atoms with E-state index in [0.29, 0.717) is 12.0 Å². The zero-order chi connectivity index (χ0) is 29.2. The van der Waals surface area contributed by atoms with Gasteiger partial charge >= 0.3 is 29.6 Å². The molecule has 42 heavy (non-hydrogen) atoms. The van der Waals surface area contributed by atoms with Gasteiger partial charge in [0.2, 0.25) is 18.1 Å². The van der Waals surface area contributed by atoms with Gasteiger partial charge in [-0.15, -0.1) is 0 Å². The number of piperazine rings is 1. The molecule has 1 aromatic heterocycles. The summed E-state index contributed by atoms with van der Waals surface area (Å²) < 4.78 is 16.4. The minimum Gasteiger partial charge on any atom is -0.547 e. The third kappa shape index (κ3) is 4.84. The van der Waals surface area contributed by atoms with E-state index in [1.54, 1.807) is 24.1 Å². The molecule has 14 heteroatoms. The summed E-state index contributed by atoms with van der Waals surface area (Å²) in [5, 5.41) is 42.8. The first kappa shape index (κ1) is 30.3. The third-order valence-electron chi connectivity index (χ3n) is 8.00. The number of rotatable bonds is 5. The third-order valence-corrected chi connectivity index (χ3v) is 8.00. The maximum Gasteiger partial charge on any atom is 1.00 e. The number of nitrogens with zero attached hydrogens (tertiary/aromatic N) is 2. The van der Waals surface area contributed by atoms with Crippen LogP contribution in [-0.2, 0) is 25.5 Å². The van der Waals surface area contributed by atoms with Gasteiger partial charge < -0.3 is 54.2 Å². The number of benzene rings is 2. The van der Waals surface area contributed by atoms with Gasteiger partial charge in [0, 0.05) is 30.1 Å². The van der Waals surface area contributed by atoms with Crippen LogP contribution in [0, 0.1) is 0 Å². The van der Waals surface area contributed by atoms with E-state index in [-0.39, 0.29) is 59.4 Å². The molecule has 3 aliphatic rings. The molecule has 13 nitrogen and oxygen atoms in total. The number of nitrogens with one attached hydrogen (secondary N) is 1. The van der Waals surface area contributed by atoms with E-state index < -0.39 is 48.8 Å². The van der Waals surface area contributed by atoms with Crippen molar-refractivity contribution >= 4 is 28.7 Å². The number of aliphatic hydroxyl groups excluding tert-OH is 3. The van der Waals surface area contributed by atoms with E-state index in [1.165, 1.54) is 18.1 Å². The Labute approximate surface area is 261 Å². The zero-order valence-corrected chi connectivity index (χ0v) is 25.1. The number of carbonyl (C=O) groups excluding carboxylic acids is 3. The number of H-pyrrole nitrogens is 1. The Morgan fingerprint density at radius 3 is 2.52 bits per heavy atom. The molecule has 2 amide bonds. The smallest absolute Gasteiger partial charge is 0.547 e. The molecule has 2 aromatic carbocycles. The molecule has 3 aromatic rings. The molecule has 0 bridgehead atoms. The number of aliphatic hydroxyl groups is 3. The van der Waals surface area contributed by atoms with E-state index >= 15 is 0 Å². The second kappa shape index (κ2) is 11.5. The van der Waals surface area contributed by atoms with E-state index in [9.17, 15) is 34.8 Å². The second-order valence-corrected chi connectivity index (χ2v) is 10.4. The van der Waals surface area contributed by atoms with Gasteiger partial charge in [-0.2, -0.15) is 0 Å². The van der Waals surface area contributed by atoms with E-state index in [0.717, 1.165) is 22.2 Å². The average molecular weight is 590 g/mol. The minimum atomic E-state index is -1.94. The molecule has 4 heterocycles. The summed E-state index contributed by atoms with van der Waals surface area (Å²) in [6, 6.07) is 11.1. The second-order valence-electron chi connectivity index (χ2n) is 10.4. The molecule has 4 N–H and O–H groups in total. The van der Waals surface area contributed by atoms with Gasteiger partial charge in [-0.1, -0.05) is 24.3 Å². The van der Waals surface area contributed by atoms with Crippen LogP contribution >= 0.6 is 0 Å². The Hall–Kier alpha value is -3.17. The predicted molar refractivity (Wildman–Crippen MR) is 137 cm³/mol. The standard InChI is InChI=1S/C28H29N3O10.Na/c1-30-11-19(32)31-16(26(30)36)10-14-13-5-3-4-6-15(13)29-20(14)21(31)12-7-8-17(18(9-12)39-2)40-28-24(35)22(33)23(34)25(41-28)27(37)38;/h3-9,16,21-25,28-29,33-35H,10-11H2,1-2H3,(H,37,38);/q;+1/p-1/t16?,21-,22+,23+,24-,25+,28-;/m1./s1. The van der Waals surface area contributed by atoms with Crippen molar-refractivity contribution in [1.29, 1.82) is 0 Å². The number of methoxy groups -OCH3 is 1. The molecule has 0 aliphatic carbocycles. The summed E-state index contributed by atoms with van der Waals surface area (Å²) in [5.41, 5.74) is 3.17. The summed E-state index contributed by atoms with van der Waals surface area (Å²) >= 11 is 0. The Kier molecular flexibility index (Phi) is 8.29. The normalized spacial score (nSPS) is 29.0. The first-order valence-corrected chi connectivity index (χ1v) is 13.0. The van der Waals surface area contributed by atoms with Crippen LogP contribution in [0.25, 0.3) is 10.9 Å². The minimum absolute atomic E-state index is 0. The van der Waals surface area contributed by atoms with Crippen LogP contribution in [-0.4, -0.2) is 105 Å². The van der Waals surface area contributed by atoms with Crippen molar-refractivity contribution in [3.63, 3.8) is 0 Å². The molecule has 0 saturated carbocycles. The van der Waals surface area contributed by atoms with E-state index in [2.05, 4.69) is 4.98 Å². The van der Waals surface area contributed by atoms with Crippen LogP contribution in [0.15, 0.2) is 42.5 Å². The fourth-order valence-electron chi connectivity index (χ4n) is 5.97. The summed E-state index contributed by atoms with van der Waals surface area (Å²) in [6.45, 7) is -0.0651. The molecule has 2 saturated heterocycles. The summed E-state index contributed by atoms with van der Waals surface area (Å²) in [5.74, 6) is -1.98. The van der Waals surface area contributed by atoms with Gasteiger partial charge in [-0.05, 0) is 29.3 Å². The topological polar surface area (TPSA) is 185 Å². The fourth-order valence-corrected chi connectivity index (χ4v) is 5.97. The molecule has 7 atom stereocenters. The Morgan fingerprint density at radius 1 is 1.07 bits per heavy atom. The number of fused-ring (bicyclic) bond motifs is 4. The van der Waals surface area contributed by atoms with Crippen LogP contribution in [0.5, 0.6) is 11.5 Å². The molecule has 1 unspecified atom stereocenters. The van der Waals surface area contributed by atoms with Gasteiger partial charge in [0.1, 0.15) is 30.5 Å². The number of para-hydroxylation sites is 1. The number of ether oxygens (including phenoxy) is 3. The van der Waals surface area contributed by atoms with Crippen molar-refractivity contribution in [3.8, 4) is 11.5 Å². The summed E-state index contributed by atoms with van der Waals surface area (Å²) in [4.78, 5) is 44.5. The Morgan fingerprint density at radius 2 is 1.81 bits per heavy atom. The largest absolute Gasteiger partial charge is 1.00 e. The van der Waals surface area contributed by atoms with E-state index in [4.69, 9.17) is 14.2 Å². The zero-order valence-electron chi connectivity index (χ0n) is 23.1. The number of aliphatic carboxylic acids is 1. The van der Waals surface area contributed by atoms with Crippen molar-refractivity contribution in [1.82, 2.24) is 14.8 Å². The summed E-state index contributed by atoms with van der Waals surface area (Å²) in [7, 11) is 2.98. The Bertz CT molecular complexity index is 1550. The first-order valence-electron chi connectivity index (χ1n) is 13.0. The molecule has 0 radical (unpaired) electrons. The quantitative estimate of drug-likeness (QED) is 0.211. The van der Waals surface area contributed by atoms with Crippen molar-refractivity contribution < 1.29 is 78.6 Å². The van der Waals surface area contributed by atoms with Gasteiger partial charge in [-0.25, -0.2) is 0 Å². The number of amides is 2. The predicted octanol–water partition coefficient (Wildman–Crippen LogP) is -4.57. The monoisotopic (exact) mass is 589 g/mol.